The summed E-state index contributed by atoms with van der Waals surface area (Å²) >= 11 is 0. The average Bonchev–Trinajstić information content (AvgIpc) is 3.12. The van der Waals surface area contributed by atoms with Crippen LogP contribution in [0.1, 0.15) is 44.0 Å². The van der Waals surface area contributed by atoms with Crippen LogP contribution in [0, 0.1) is 11.6 Å². The Hall–Kier alpha value is -4.95. The van der Waals surface area contributed by atoms with Gasteiger partial charge in [0.05, 0.1) is 43.3 Å². The number of alkyl halides is 6. The van der Waals surface area contributed by atoms with E-state index in [4.69, 9.17) is 14.2 Å². The highest BCUT2D eigenvalue weighted by molar-refractivity contribution is 6.05. The minimum atomic E-state index is -4.99. The van der Waals surface area contributed by atoms with Crippen LogP contribution in [0.4, 0.5) is 40.8 Å². The summed E-state index contributed by atoms with van der Waals surface area (Å²) < 4.78 is 128. The largest absolute Gasteiger partial charge is 0.489 e. The number of aromatic nitrogens is 2. The molecule has 1 aliphatic heterocycles. The van der Waals surface area contributed by atoms with E-state index in [0.29, 0.717) is 57.4 Å². The molecule has 1 fully saturated rings. The quantitative estimate of drug-likeness (QED) is 0.0939. The SMILES string of the molecule is CCOC(=O)C(C)(C)N(C)N(Cc1ccc(OCCN2CCOCC2)c(F)c1F)C(=O)CC(=O)Nc1ccc(C(F)(F)F)cc1-c1cc(C(F)(F)F)ncn1. The fourth-order valence-corrected chi connectivity index (χ4v) is 5.30. The van der Waals surface area contributed by atoms with Gasteiger partial charge in [-0.15, -0.1) is 0 Å². The van der Waals surface area contributed by atoms with E-state index in [9.17, 15) is 40.7 Å². The molecule has 0 spiro atoms. The Morgan fingerprint density at radius 1 is 0.945 bits per heavy atom. The lowest BCUT2D eigenvalue weighted by molar-refractivity contribution is -0.177. The van der Waals surface area contributed by atoms with Crippen molar-refractivity contribution in [3.63, 3.8) is 0 Å². The highest BCUT2D eigenvalue weighted by Crippen LogP contribution is 2.37. The monoisotopic (exact) mass is 790 g/mol. The summed E-state index contributed by atoms with van der Waals surface area (Å²) in [6.07, 6.45) is -10.5. The number of esters is 1. The van der Waals surface area contributed by atoms with Crippen LogP contribution in [-0.2, 0) is 42.8 Å². The lowest BCUT2D eigenvalue weighted by Crippen LogP contribution is -2.58. The molecular weight excluding hydrogens is 752 g/mol. The van der Waals surface area contributed by atoms with Gasteiger partial charge < -0.3 is 19.5 Å². The van der Waals surface area contributed by atoms with Crippen LogP contribution in [0.5, 0.6) is 5.75 Å². The van der Waals surface area contributed by atoms with Gasteiger partial charge in [0.25, 0.3) is 0 Å². The molecule has 0 bridgehead atoms. The molecule has 0 saturated carbocycles. The molecule has 2 amide bonds. The average molecular weight is 791 g/mol. The summed E-state index contributed by atoms with van der Waals surface area (Å²) in [5.41, 5.74) is -6.41. The van der Waals surface area contributed by atoms with E-state index in [0.717, 1.165) is 28.2 Å². The van der Waals surface area contributed by atoms with Crippen molar-refractivity contribution in [1.29, 1.82) is 0 Å². The number of hydrazine groups is 1. The van der Waals surface area contributed by atoms with Crippen molar-refractivity contribution >= 4 is 23.5 Å². The molecular formula is C35H38F8N6O6. The molecule has 0 atom stereocenters. The number of hydrogen-bond donors (Lipinski definition) is 1. The maximum atomic E-state index is 15.5. The first kappa shape index (κ1) is 42.8. The molecule has 1 aromatic heterocycles. The zero-order valence-corrected chi connectivity index (χ0v) is 30.1. The van der Waals surface area contributed by atoms with Crippen molar-refractivity contribution in [2.45, 2.75) is 51.6 Å². The number of ether oxygens (including phenoxy) is 3. The van der Waals surface area contributed by atoms with Crippen molar-refractivity contribution in [3.8, 4) is 17.0 Å². The second-order valence-corrected chi connectivity index (χ2v) is 12.7. The fraction of sp³-hybridized carbons (Fsp3) is 0.457. The van der Waals surface area contributed by atoms with Crippen molar-refractivity contribution in [2.75, 3.05) is 58.4 Å². The van der Waals surface area contributed by atoms with Crippen molar-refractivity contribution in [2.24, 2.45) is 0 Å². The van der Waals surface area contributed by atoms with Crippen LogP contribution in [-0.4, -0.2) is 101 Å². The van der Waals surface area contributed by atoms with E-state index in [1.165, 1.54) is 27.8 Å². The molecule has 55 heavy (non-hydrogen) atoms. The highest BCUT2D eigenvalue weighted by Gasteiger charge is 2.40. The summed E-state index contributed by atoms with van der Waals surface area (Å²) in [5, 5.41) is 4.05. The number of hydrogen-bond acceptors (Lipinski definition) is 10. The molecule has 3 aromatic rings. The molecule has 0 radical (unpaired) electrons. The molecule has 1 saturated heterocycles. The lowest BCUT2D eigenvalue weighted by Gasteiger charge is -2.41. The zero-order valence-electron chi connectivity index (χ0n) is 30.1. The van der Waals surface area contributed by atoms with Gasteiger partial charge in [-0.05, 0) is 51.1 Å². The lowest BCUT2D eigenvalue weighted by atomic mass is 10.0. The zero-order chi connectivity index (χ0) is 40.7. The van der Waals surface area contributed by atoms with E-state index in [-0.39, 0.29) is 18.8 Å². The van der Waals surface area contributed by atoms with E-state index in [2.05, 4.69) is 15.3 Å². The van der Waals surface area contributed by atoms with Gasteiger partial charge in [-0.3, -0.25) is 19.5 Å². The number of amides is 2. The van der Waals surface area contributed by atoms with Gasteiger partial charge in [-0.1, -0.05) is 6.07 Å². The van der Waals surface area contributed by atoms with Gasteiger partial charge in [0.2, 0.25) is 17.6 Å². The van der Waals surface area contributed by atoms with Crippen LogP contribution >= 0.6 is 0 Å². The number of halogens is 8. The summed E-state index contributed by atoms with van der Waals surface area (Å²) in [6.45, 7) is 6.28. The Morgan fingerprint density at radius 2 is 1.64 bits per heavy atom. The van der Waals surface area contributed by atoms with Gasteiger partial charge in [0.1, 0.15) is 30.6 Å². The summed E-state index contributed by atoms with van der Waals surface area (Å²) in [7, 11) is 1.26. The van der Waals surface area contributed by atoms with Gasteiger partial charge in [0.15, 0.2) is 11.6 Å². The highest BCUT2D eigenvalue weighted by atomic mass is 19.4. The number of carbonyl (C=O) groups excluding carboxylic acids is 3. The third kappa shape index (κ3) is 10.8. The molecule has 4 rings (SSSR count). The summed E-state index contributed by atoms with van der Waals surface area (Å²) in [5.74, 6) is -6.23. The number of rotatable bonds is 14. The molecule has 0 unspecified atom stereocenters. The van der Waals surface area contributed by atoms with Crippen LogP contribution in [0.25, 0.3) is 11.3 Å². The number of morpholine rings is 1. The van der Waals surface area contributed by atoms with Crippen molar-refractivity contribution < 1.29 is 63.7 Å². The number of benzene rings is 2. The van der Waals surface area contributed by atoms with Gasteiger partial charge in [0, 0.05) is 37.8 Å². The number of likely N-dealkylation sites (N-methyl/N-ethyl adjacent to an activating group) is 1. The third-order valence-electron chi connectivity index (χ3n) is 8.62. The Labute approximate surface area is 310 Å². The maximum Gasteiger partial charge on any atom is 0.433 e. The number of nitrogens with one attached hydrogen (secondary N) is 1. The molecule has 300 valence electrons. The minimum absolute atomic E-state index is 0.0350. The standard InChI is InChI=1S/C35H38F8N6O6/c1-5-54-32(52)33(2,3)47(4)49(19-21-6-9-26(31(37)30(21)36)55-15-12-48-10-13-53-14-11-48)29(51)18-28(50)46-24-8-7-22(34(38,39)40)16-23(24)25-17-27(35(41,42)43)45-20-44-25/h6-9,16-17,20H,5,10-15,18-19H2,1-4H3,(H,46,50). The predicted molar refractivity (Wildman–Crippen MR) is 179 cm³/mol. The Kier molecular flexibility index (Phi) is 13.7. The Bertz CT molecular complexity index is 1850. The summed E-state index contributed by atoms with van der Waals surface area (Å²) in [6, 6.07) is 4.49. The van der Waals surface area contributed by atoms with Crippen LogP contribution in [0.3, 0.4) is 0 Å². The smallest absolute Gasteiger partial charge is 0.433 e. The van der Waals surface area contributed by atoms with E-state index in [1.807, 2.05) is 4.90 Å². The first-order chi connectivity index (χ1) is 25.7. The number of nitrogens with zero attached hydrogens (tertiary/aromatic N) is 5. The fourth-order valence-electron chi connectivity index (χ4n) is 5.30. The van der Waals surface area contributed by atoms with E-state index >= 15 is 8.78 Å². The molecule has 0 aliphatic carbocycles. The van der Waals surface area contributed by atoms with Crippen LogP contribution in [0.2, 0.25) is 0 Å². The van der Waals surface area contributed by atoms with Crippen LogP contribution in [0.15, 0.2) is 42.7 Å². The Morgan fingerprint density at radius 3 is 2.27 bits per heavy atom. The van der Waals surface area contributed by atoms with Gasteiger partial charge in [-0.2, -0.15) is 30.7 Å². The third-order valence-corrected chi connectivity index (χ3v) is 8.62. The molecule has 1 N–H and O–H groups in total. The second kappa shape index (κ2) is 17.7. The number of carbonyl (C=O) groups is 3. The van der Waals surface area contributed by atoms with E-state index < -0.39 is 94.2 Å². The van der Waals surface area contributed by atoms with E-state index in [1.54, 1.807) is 0 Å². The number of anilines is 1. The first-order valence-corrected chi connectivity index (χ1v) is 16.8. The topological polar surface area (TPSA) is 126 Å². The maximum absolute atomic E-state index is 15.5. The predicted octanol–water partition coefficient (Wildman–Crippen LogP) is 5.72. The normalized spacial score (nSPS) is 14.1. The van der Waals surface area contributed by atoms with Crippen molar-refractivity contribution in [1.82, 2.24) is 24.9 Å². The Balaban J connectivity index is 1.61. The molecule has 2 heterocycles. The van der Waals surface area contributed by atoms with Gasteiger partial charge >= 0.3 is 18.3 Å². The molecule has 1 aliphatic rings. The summed E-state index contributed by atoms with van der Waals surface area (Å²) in [4.78, 5) is 48.7. The van der Waals surface area contributed by atoms with Crippen LogP contribution < -0.4 is 10.1 Å². The molecule has 20 heteroatoms. The van der Waals surface area contributed by atoms with Crippen molar-refractivity contribution in [3.05, 3.63) is 71.2 Å². The first-order valence-electron chi connectivity index (χ1n) is 16.8. The minimum Gasteiger partial charge on any atom is -0.489 e. The second-order valence-electron chi connectivity index (χ2n) is 12.7. The molecule has 12 nitrogen and oxygen atoms in total. The molecule has 2 aromatic carbocycles. The van der Waals surface area contributed by atoms with Gasteiger partial charge in [-0.25, -0.2) is 24.2 Å².